The van der Waals surface area contributed by atoms with Crippen LogP contribution in [0.25, 0.3) is 0 Å². The first-order valence-corrected chi connectivity index (χ1v) is 7.74. The Morgan fingerprint density at radius 2 is 2.15 bits per heavy atom. The standard InChI is InChI=1S/C16H29N3O/c1-12-7-6-8-16(9-12,19(4)5)11-17-10-15-18-13(2)14(3)20-15/h12,17H,6-11H2,1-5H3. The minimum Gasteiger partial charge on any atom is -0.444 e. The maximum absolute atomic E-state index is 5.63. The van der Waals surface area contributed by atoms with Gasteiger partial charge in [0, 0.05) is 12.1 Å². The highest BCUT2D eigenvalue weighted by atomic mass is 16.4. The highest BCUT2D eigenvalue weighted by molar-refractivity contribution is 5.05. The van der Waals surface area contributed by atoms with Crippen molar-refractivity contribution in [1.82, 2.24) is 15.2 Å². The largest absolute Gasteiger partial charge is 0.444 e. The second-order valence-corrected chi connectivity index (χ2v) is 6.67. The molecule has 2 unspecified atom stereocenters. The molecule has 2 rings (SSSR count). The van der Waals surface area contributed by atoms with Crippen LogP contribution in [0.3, 0.4) is 0 Å². The lowest BCUT2D eigenvalue weighted by atomic mass is 9.75. The van der Waals surface area contributed by atoms with Gasteiger partial charge in [0.25, 0.3) is 0 Å². The van der Waals surface area contributed by atoms with Gasteiger partial charge in [-0.25, -0.2) is 4.98 Å². The van der Waals surface area contributed by atoms with E-state index in [0.29, 0.717) is 0 Å². The van der Waals surface area contributed by atoms with E-state index in [-0.39, 0.29) is 5.54 Å². The lowest BCUT2D eigenvalue weighted by molar-refractivity contribution is 0.0743. The first-order chi connectivity index (χ1) is 9.43. The van der Waals surface area contributed by atoms with E-state index in [9.17, 15) is 0 Å². The van der Waals surface area contributed by atoms with Gasteiger partial charge in [-0.1, -0.05) is 19.8 Å². The fourth-order valence-electron chi connectivity index (χ4n) is 3.37. The lowest BCUT2D eigenvalue weighted by Gasteiger charge is -2.45. The molecule has 1 N–H and O–H groups in total. The zero-order valence-corrected chi connectivity index (χ0v) is 13.6. The van der Waals surface area contributed by atoms with Crippen molar-refractivity contribution in [2.24, 2.45) is 5.92 Å². The van der Waals surface area contributed by atoms with Crippen molar-refractivity contribution < 1.29 is 4.42 Å². The van der Waals surface area contributed by atoms with Crippen LogP contribution in [0.5, 0.6) is 0 Å². The molecule has 1 fully saturated rings. The van der Waals surface area contributed by atoms with Crippen LogP contribution in [0.15, 0.2) is 4.42 Å². The van der Waals surface area contributed by atoms with E-state index in [2.05, 4.69) is 36.2 Å². The Morgan fingerprint density at radius 3 is 2.70 bits per heavy atom. The topological polar surface area (TPSA) is 41.3 Å². The number of hydrogen-bond donors (Lipinski definition) is 1. The van der Waals surface area contributed by atoms with Crippen molar-refractivity contribution >= 4 is 0 Å². The number of nitrogens with one attached hydrogen (secondary N) is 1. The summed E-state index contributed by atoms with van der Waals surface area (Å²) in [5.41, 5.74) is 1.28. The molecule has 2 atom stereocenters. The minimum atomic E-state index is 0.286. The van der Waals surface area contributed by atoms with Crippen LogP contribution in [0.1, 0.15) is 50.0 Å². The molecule has 0 saturated heterocycles. The summed E-state index contributed by atoms with van der Waals surface area (Å²) in [6, 6.07) is 0. The van der Waals surface area contributed by atoms with E-state index >= 15 is 0 Å². The maximum atomic E-state index is 5.63. The molecule has 1 aliphatic rings. The molecule has 1 heterocycles. The van der Waals surface area contributed by atoms with Gasteiger partial charge in [-0.05, 0) is 46.7 Å². The Balaban J connectivity index is 1.92. The summed E-state index contributed by atoms with van der Waals surface area (Å²) in [5, 5.41) is 3.56. The molecular weight excluding hydrogens is 250 g/mol. The third kappa shape index (κ3) is 3.41. The Hall–Kier alpha value is -0.870. The van der Waals surface area contributed by atoms with Gasteiger partial charge in [0.2, 0.25) is 5.89 Å². The molecule has 20 heavy (non-hydrogen) atoms. The molecule has 0 spiro atoms. The van der Waals surface area contributed by atoms with Gasteiger partial charge >= 0.3 is 0 Å². The van der Waals surface area contributed by atoms with Crippen LogP contribution < -0.4 is 5.32 Å². The van der Waals surface area contributed by atoms with Crippen LogP contribution in [0.4, 0.5) is 0 Å². The van der Waals surface area contributed by atoms with Gasteiger partial charge in [-0.2, -0.15) is 0 Å². The van der Waals surface area contributed by atoms with E-state index < -0.39 is 0 Å². The second-order valence-electron chi connectivity index (χ2n) is 6.67. The molecule has 4 nitrogen and oxygen atoms in total. The quantitative estimate of drug-likeness (QED) is 0.900. The number of oxazole rings is 1. The summed E-state index contributed by atoms with van der Waals surface area (Å²) in [4.78, 5) is 6.84. The molecule has 114 valence electrons. The van der Waals surface area contributed by atoms with Gasteiger partial charge < -0.3 is 14.6 Å². The average Bonchev–Trinajstić information content (AvgIpc) is 2.68. The Morgan fingerprint density at radius 1 is 1.40 bits per heavy atom. The molecule has 0 bridgehead atoms. The van der Waals surface area contributed by atoms with Gasteiger partial charge in [-0.3, -0.25) is 0 Å². The third-order valence-electron chi connectivity index (χ3n) is 4.82. The smallest absolute Gasteiger partial charge is 0.208 e. The van der Waals surface area contributed by atoms with Crippen LogP contribution >= 0.6 is 0 Å². The van der Waals surface area contributed by atoms with Crippen LogP contribution in [-0.4, -0.2) is 36.1 Å². The summed E-state index contributed by atoms with van der Waals surface area (Å²) in [7, 11) is 4.41. The van der Waals surface area contributed by atoms with E-state index in [1.807, 2.05) is 13.8 Å². The lowest BCUT2D eigenvalue weighted by Crippen LogP contribution is -2.54. The van der Waals surface area contributed by atoms with Crippen molar-refractivity contribution in [3.63, 3.8) is 0 Å². The average molecular weight is 279 g/mol. The Labute approximate surface area is 122 Å². The summed E-state index contributed by atoms with van der Waals surface area (Å²) >= 11 is 0. The van der Waals surface area contributed by atoms with Crippen molar-refractivity contribution in [2.45, 2.75) is 58.5 Å². The maximum Gasteiger partial charge on any atom is 0.208 e. The molecule has 4 heteroatoms. The summed E-state index contributed by atoms with van der Waals surface area (Å²) in [5.74, 6) is 2.55. The number of hydrogen-bond acceptors (Lipinski definition) is 4. The van der Waals surface area contributed by atoms with Crippen molar-refractivity contribution in [3.8, 4) is 0 Å². The molecule has 1 aromatic rings. The van der Waals surface area contributed by atoms with E-state index in [1.165, 1.54) is 25.7 Å². The highest BCUT2D eigenvalue weighted by Crippen LogP contribution is 2.35. The van der Waals surface area contributed by atoms with Crippen molar-refractivity contribution in [3.05, 3.63) is 17.3 Å². The SMILES string of the molecule is Cc1nc(CNCC2(N(C)C)CCCC(C)C2)oc1C. The first-order valence-electron chi connectivity index (χ1n) is 7.74. The second kappa shape index (κ2) is 6.27. The number of aromatic nitrogens is 1. The van der Waals surface area contributed by atoms with Crippen molar-refractivity contribution in [2.75, 3.05) is 20.6 Å². The zero-order chi connectivity index (χ0) is 14.8. The minimum absolute atomic E-state index is 0.286. The molecule has 0 aromatic carbocycles. The molecular formula is C16H29N3O. The van der Waals surface area contributed by atoms with Crippen molar-refractivity contribution in [1.29, 1.82) is 0 Å². The molecule has 0 radical (unpaired) electrons. The molecule has 1 saturated carbocycles. The van der Waals surface area contributed by atoms with Crippen LogP contribution in [0.2, 0.25) is 0 Å². The molecule has 1 aliphatic carbocycles. The fraction of sp³-hybridized carbons (Fsp3) is 0.812. The highest BCUT2D eigenvalue weighted by Gasteiger charge is 2.36. The van der Waals surface area contributed by atoms with Gasteiger partial charge in [0.05, 0.1) is 12.2 Å². The Bertz CT molecular complexity index is 421. The van der Waals surface area contributed by atoms with Crippen LogP contribution in [-0.2, 0) is 6.54 Å². The Kier molecular flexibility index (Phi) is 4.86. The monoisotopic (exact) mass is 279 g/mol. The zero-order valence-electron chi connectivity index (χ0n) is 13.6. The normalized spacial score (nSPS) is 27.2. The molecule has 0 aliphatic heterocycles. The number of nitrogens with zero attached hydrogens (tertiary/aromatic N) is 2. The first kappa shape index (κ1) is 15.5. The number of aryl methyl sites for hydroxylation is 2. The molecule has 1 aromatic heterocycles. The predicted octanol–water partition coefficient (Wildman–Crippen LogP) is 2.89. The van der Waals surface area contributed by atoms with E-state index in [4.69, 9.17) is 4.42 Å². The van der Waals surface area contributed by atoms with Crippen LogP contribution in [0, 0.1) is 19.8 Å². The number of rotatable bonds is 5. The fourth-order valence-corrected chi connectivity index (χ4v) is 3.37. The predicted molar refractivity (Wildman–Crippen MR) is 81.7 cm³/mol. The van der Waals surface area contributed by atoms with Gasteiger partial charge in [0.15, 0.2) is 0 Å². The summed E-state index contributed by atoms with van der Waals surface area (Å²) in [6.07, 6.45) is 5.25. The number of likely N-dealkylation sites (N-methyl/N-ethyl adjacent to an activating group) is 1. The molecule has 0 amide bonds. The third-order valence-corrected chi connectivity index (χ3v) is 4.82. The van der Waals surface area contributed by atoms with E-state index in [0.717, 1.165) is 36.4 Å². The van der Waals surface area contributed by atoms with E-state index in [1.54, 1.807) is 0 Å². The van der Waals surface area contributed by atoms with Gasteiger partial charge in [0.1, 0.15) is 5.76 Å². The summed E-state index contributed by atoms with van der Waals surface area (Å²) in [6.45, 7) is 8.06. The van der Waals surface area contributed by atoms with Gasteiger partial charge in [-0.15, -0.1) is 0 Å². The summed E-state index contributed by atoms with van der Waals surface area (Å²) < 4.78 is 5.63.